The Kier molecular flexibility index (Phi) is 15.5. The molecule has 0 aromatic heterocycles. The number of allylic oxidation sites excluding steroid dienone is 4. The third-order valence-electron chi connectivity index (χ3n) is 8.86. The van der Waals surface area contributed by atoms with E-state index in [2.05, 4.69) is 202 Å². The first kappa shape index (κ1) is 42.7. The molecule has 0 N–H and O–H groups in total. The predicted octanol–water partition coefficient (Wildman–Crippen LogP) is 9.60. The number of hydrogen-bond donors (Lipinski definition) is 0. The minimum atomic E-state index is -0.0711. The van der Waals surface area contributed by atoms with Crippen molar-refractivity contribution in [3.63, 3.8) is 0 Å². The maximum absolute atomic E-state index is 11.7. The molecule has 0 fully saturated rings. The second-order valence-corrected chi connectivity index (χ2v) is 17.3. The number of hydrogen-bond acceptors (Lipinski definition) is 1. The Balaban J connectivity index is 0.000000188. The summed E-state index contributed by atoms with van der Waals surface area (Å²) in [6, 6.07) is 46.1. The Morgan fingerprint density at radius 2 is 1.06 bits per heavy atom. The average Bonchev–Trinajstić information content (AvgIpc) is 3.78. The molecule has 268 valence electrons. The van der Waals surface area contributed by atoms with Crippen LogP contribution in [0.1, 0.15) is 91.0 Å². The SMILES string of the molecule is CC(C)(C)C1=CC[C-]=C1.CC(C)(C)c1ccc([O-])c(C(C)(C)C)c1.[Cl-].[Zr+2]=[C](c1ccccc1)c1ccccc1.c1ccc2c(c1)[cH-]c1ccccc12. The molecule has 0 saturated carbocycles. The van der Waals surface area contributed by atoms with Gasteiger partial charge in [0.1, 0.15) is 0 Å². The maximum Gasteiger partial charge on any atom is -0.0771 e. The molecule has 0 saturated heterocycles. The summed E-state index contributed by atoms with van der Waals surface area (Å²) in [6.07, 6.45) is 8.50. The molecule has 6 aromatic rings. The molecule has 3 heteroatoms. The van der Waals surface area contributed by atoms with Crippen molar-refractivity contribution in [2.45, 2.75) is 79.6 Å². The van der Waals surface area contributed by atoms with Gasteiger partial charge in [0.15, 0.2) is 0 Å². The van der Waals surface area contributed by atoms with Gasteiger partial charge in [-0.15, -0.1) is 51.9 Å². The van der Waals surface area contributed by atoms with Crippen molar-refractivity contribution in [3.8, 4) is 5.75 Å². The van der Waals surface area contributed by atoms with Crippen LogP contribution in [-0.4, -0.2) is 3.21 Å². The van der Waals surface area contributed by atoms with E-state index in [1.54, 1.807) is 6.07 Å². The zero-order valence-corrected chi connectivity index (χ0v) is 35.6. The van der Waals surface area contributed by atoms with Crippen LogP contribution in [0.5, 0.6) is 5.75 Å². The summed E-state index contributed by atoms with van der Waals surface area (Å²) in [5.41, 5.74) is 6.58. The van der Waals surface area contributed by atoms with Gasteiger partial charge >= 0.3 is 99.2 Å². The molecule has 0 radical (unpaired) electrons. The third-order valence-corrected chi connectivity index (χ3v) is 10.3. The van der Waals surface area contributed by atoms with Crippen LogP contribution in [0.2, 0.25) is 0 Å². The molecule has 0 unspecified atom stereocenters. The van der Waals surface area contributed by atoms with Crippen LogP contribution < -0.4 is 17.5 Å². The van der Waals surface area contributed by atoms with E-state index in [0.717, 1.165) is 12.0 Å². The summed E-state index contributed by atoms with van der Waals surface area (Å²) < 4.78 is 1.42. The van der Waals surface area contributed by atoms with Crippen molar-refractivity contribution in [2.24, 2.45) is 5.41 Å². The first-order valence-electron chi connectivity index (χ1n) is 17.9. The molecule has 52 heavy (non-hydrogen) atoms. The molecule has 0 atom stereocenters. The van der Waals surface area contributed by atoms with E-state index < -0.39 is 0 Å². The van der Waals surface area contributed by atoms with Crippen LogP contribution in [0.15, 0.2) is 151 Å². The molecular formula is C49H53ClOZr-2. The third kappa shape index (κ3) is 12.2. The van der Waals surface area contributed by atoms with Gasteiger partial charge in [-0.1, -0.05) is 128 Å². The fraction of sp³-hybridized carbons (Fsp3) is 0.265. The normalized spacial score (nSPS) is 12.3. The molecule has 0 amide bonds. The molecule has 7 rings (SSSR count). The monoisotopic (exact) mass is 782 g/mol. The summed E-state index contributed by atoms with van der Waals surface area (Å²) in [5.74, 6) is 0.149. The van der Waals surface area contributed by atoms with Gasteiger partial charge < -0.3 is 17.5 Å². The van der Waals surface area contributed by atoms with Crippen LogP contribution in [0.4, 0.5) is 0 Å². The Labute approximate surface area is 334 Å². The van der Waals surface area contributed by atoms with Crippen molar-refractivity contribution >= 4 is 24.8 Å². The molecule has 0 aliphatic heterocycles. The van der Waals surface area contributed by atoms with Gasteiger partial charge in [0, 0.05) is 0 Å². The van der Waals surface area contributed by atoms with Crippen molar-refractivity contribution in [3.05, 3.63) is 180 Å². The number of halogens is 1. The molecule has 1 aliphatic carbocycles. The molecule has 1 nitrogen and oxygen atoms in total. The van der Waals surface area contributed by atoms with Crippen molar-refractivity contribution in [1.29, 1.82) is 0 Å². The second kappa shape index (κ2) is 18.9. The van der Waals surface area contributed by atoms with Gasteiger partial charge in [0.2, 0.25) is 0 Å². The number of benzene rings is 5. The molecule has 1 aliphatic rings. The molecule has 0 bridgehead atoms. The van der Waals surface area contributed by atoms with E-state index in [9.17, 15) is 5.11 Å². The van der Waals surface area contributed by atoms with Crippen LogP contribution >= 0.6 is 0 Å². The fourth-order valence-electron chi connectivity index (χ4n) is 5.78. The predicted molar refractivity (Wildman–Crippen MR) is 216 cm³/mol. The molecular weight excluding hydrogens is 731 g/mol. The minimum Gasteiger partial charge on any atom is -0.126 e. The smallest absolute Gasteiger partial charge is 0.0771 e. The van der Waals surface area contributed by atoms with Crippen LogP contribution in [0.3, 0.4) is 0 Å². The van der Waals surface area contributed by atoms with Gasteiger partial charge in [-0.3, -0.25) is 6.08 Å². The van der Waals surface area contributed by atoms with Crippen LogP contribution in [0.25, 0.3) is 21.5 Å². The van der Waals surface area contributed by atoms with Gasteiger partial charge in [0.25, 0.3) is 0 Å². The van der Waals surface area contributed by atoms with Gasteiger partial charge in [0.05, 0.1) is 0 Å². The van der Waals surface area contributed by atoms with E-state index in [-0.39, 0.29) is 29.0 Å². The van der Waals surface area contributed by atoms with E-state index in [1.807, 2.05) is 6.07 Å². The van der Waals surface area contributed by atoms with Crippen LogP contribution in [-0.2, 0) is 35.1 Å². The first-order chi connectivity index (χ1) is 24.1. The van der Waals surface area contributed by atoms with Gasteiger partial charge in [-0.2, -0.15) is 11.6 Å². The van der Waals surface area contributed by atoms with E-state index in [4.69, 9.17) is 0 Å². The Morgan fingerprint density at radius 1 is 0.596 bits per heavy atom. The van der Waals surface area contributed by atoms with Crippen molar-refractivity contribution in [1.82, 2.24) is 0 Å². The fourth-order valence-corrected chi connectivity index (χ4v) is 6.60. The summed E-state index contributed by atoms with van der Waals surface area (Å²) in [4.78, 5) is 0. The second-order valence-electron chi connectivity index (χ2n) is 16.1. The zero-order valence-electron chi connectivity index (χ0n) is 32.3. The van der Waals surface area contributed by atoms with Gasteiger partial charge in [-0.05, 0) is 16.4 Å². The molecule has 6 aromatic carbocycles. The Hall–Kier alpha value is -3.71. The summed E-state index contributed by atoms with van der Waals surface area (Å²) in [5, 5.41) is 17.1. The molecule has 0 heterocycles. The minimum absolute atomic E-state index is 0. The van der Waals surface area contributed by atoms with E-state index in [1.165, 1.54) is 71.2 Å². The summed E-state index contributed by atoms with van der Waals surface area (Å²) in [7, 11) is 0. The maximum atomic E-state index is 11.7. The summed E-state index contributed by atoms with van der Waals surface area (Å²) >= 11 is 1.46. The first-order valence-corrected chi connectivity index (χ1v) is 19.1. The van der Waals surface area contributed by atoms with E-state index >= 15 is 0 Å². The largest absolute Gasteiger partial charge is 0.126 e. The van der Waals surface area contributed by atoms with Gasteiger partial charge in [-0.25, -0.2) is 6.08 Å². The average molecular weight is 785 g/mol. The van der Waals surface area contributed by atoms with Crippen LogP contribution in [0, 0.1) is 11.5 Å². The Bertz CT molecular complexity index is 1990. The van der Waals surface area contributed by atoms with E-state index in [0.29, 0.717) is 5.41 Å². The number of fused-ring (bicyclic) bond motifs is 3. The molecule has 0 spiro atoms. The topological polar surface area (TPSA) is 23.1 Å². The standard InChI is InChI=1S/C14H22O.C13H9.C13H10.C9H13.ClH.Zr/c1-13(2,3)10-7-8-12(15)11(9-10)14(4,5)6;1-3-7-12-10(5-1)9-11-6-2-4-8-13(11)12;1-3-7-12(8-4-1)11-13-9-5-2-6-10-13;1-9(2,3)8-6-4-5-7-8;;/h7-9,15H,1-6H3;1-9H;1-10H;6-7H,4H2,1-3H3;1H;/q;-1;;-1;;+2/p-2. The zero-order chi connectivity index (χ0) is 37.2. The number of rotatable bonds is 2. The quantitative estimate of drug-likeness (QED) is 0.161. The van der Waals surface area contributed by atoms with Crippen molar-refractivity contribution < 1.29 is 41.7 Å². The van der Waals surface area contributed by atoms with Crippen molar-refractivity contribution in [2.75, 3.05) is 0 Å². The Morgan fingerprint density at radius 3 is 1.44 bits per heavy atom. The summed E-state index contributed by atoms with van der Waals surface area (Å²) in [6.45, 7) is 19.4.